The lowest BCUT2D eigenvalue weighted by Crippen LogP contribution is -2.79. The molecule has 95 heavy (non-hydrogen) atoms. The fraction of sp³-hybridized carbons (Fsp3) is 0.941. The summed E-state index contributed by atoms with van der Waals surface area (Å²) in [5.41, 5.74) is 9.90. The minimum atomic E-state index is -4.62. The van der Waals surface area contributed by atoms with Crippen LogP contribution in [-0.2, 0) is 93.2 Å². The quantitative estimate of drug-likeness (QED) is 0.0104. The summed E-state index contributed by atoms with van der Waals surface area (Å²) >= 11 is 1.33. The van der Waals surface area contributed by atoms with Crippen LogP contribution in [0.25, 0.3) is 0 Å². The van der Waals surface area contributed by atoms with Crippen LogP contribution >= 0.6 is 27.4 Å². The maximum atomic E-state index is 13.7. The summed E-state index contributed by atoms with van der Waals surface area (Å²) in [5, 5.41) is 186. The standard InChI is InChI=1S/C51H88N4O37P2S/c1-4-8-55-24(59)11-22(46(55)74)95-10-5-6-23(52)54-7-9-80-93(75,77-2)81-16-21-29(63)35(69)44(89-48-38(72)31(65)26(60)17(12-56)82-48)51(86-21)90-43-34(68)27(61)18(13-57)83-50(43)79-15-20-28(62)32(66)39(73)49(85-20)87-40-19(14-58)84-47(25(53)30(40)64)88-41-36(70)33(67)37(71)42-45(41)92-94(76,78-3)91-42/h17-22,25-45,47-51,56-58,60-73H,4-16,53H2,1-3H3,(H2,52,54)/p+1. The molecule has 8 fully saturated rings. The molecule has 550 valence electrons. The molecule has 7 aliphatic heterocycles. The van der Waals surface area contributed by atoms with Gasteiger partial charge in [0.25, 0.3) is 0 Å². The number of hydrogen-bond acceptors (Lipinski definition) is 39. The van der Waals surface area contributed by atoms with E-state index in [1.807, 2.05) is 6.92 Å². The molecule has 7 heterocycles. The molecule has 0 spiro atoms. The van der Waals surface area contributed by atoms with Gasteiger partial charge in [-0.1, -0.05) is 6.92 Å². The van der Waals surface area contributed by atoms with Crippen molar-refractivity contribution in [2.75, 3.05) is 72.7 Å². The highest BCUT2D eigenvalue weighted by Gasteiger charge is 2.63. The van der Waals surface area contributed by atoms with Gasteiger partial charge in [-0.2, -0.15) is 0 Å². The number of nitrogens with zero attached hydrogens (tertiary/aromatic N) is 2. The van der Waals surface area contributed by atoms with Crippen LogP contribution in [0.15, 0.2) is 4.99 Å². The third-order valence-corrected chi connectivity index (χ3v) is 21.3. The molecule has 0 aromatic carbocycles. The van der Waals surface area contributed by atoms with E-state index in [0.717, 1.165) is 14.2 Å². The van der Waals surface area contributed by atoms with Crippen LogP contribution in [0, 0.1) is 0 Å². The van der Waals surface area contributed by atoms with E-state index in [0.29, 0.717) is 25.1 Å². The topological polar surface area (TPSA) is 629 Å². The first kappa shape index (κ1) is 78.8. The van der Waals surface area contributed by atoms with Gasteiger partial charge in [-0.15, -0.1) is 11.8 Å². The fourth-order valence-electron chi connectivity index (χ4n) is 11.6. The monoisotopic (exact) mass is 1440 g/mol. The predicted octanol–water partition coefficient (Wildman–Crippen LogP) is -11.4. The zero-order chi connectivity index (χ0) is 69.7. The highest BCUT2D eigenvalue weighted by Crippen LogP contribution is 2.60. The molecule has 8 rings (SSSR count). The van der Waals surface area contributed by atoms with Gasteiger partial charge in [-0.05, 0) is 18.6 Å². The number of quaternary nitrogens is 1. The number of aliphatic imine (C=N–C) groups is 1. The number of imide groups is 1. The van der Waals surface area contributed by atoms with Crippen molar-refractivity contribution in [3.8, 4) is 0 Å². The average Bonchev–Trinajstić information content (AvgIpc) is 1.70. The summed E-state index contributed by atoms with van der Waals surface area (Å²) in [7, 11) is -7.07. The Balaban J connectivity index is 0.937. The second-order valence-electron chi connectivity index (χ2n) is 23.5. The lowest BCUT2D eigenvalue weighted by molar-refractivity contribution is -0.510. The Morgan fingerprint density at radius 3 is 1.72 bits per heavy atom. The molecule has 34 atom stereocenters. The van der Waals surface area contributed by atoms with E-state index >= 15 is 0 Å². The zero-order valence-corrected chi connectivity index (χ0v) is 54.0. The van der Waals surface area contributed by atoms with Gasteiger partial charge in [-0.3, -0.25) is 46.6 Å². The lowest BCUT2D eigenvalue weighted by atomic mass is 9.84. The number of thioether (sulfide) groups is 1. The van der Waals surface area contributed by atoms with Gasteiger partial charge >= 0.3 is 15.6 Å². The first-order chi connectivity index (χ1) is 45.0. The summed E-state index contributed by atoms with van der Waals surface area (Å²) < 4.78 is 116. The molecule has 34 unspecified atom stereocenters. The van der Waals surface area contributed by atoms with Crippen LogP contribution in [0.5, 0.6) is 0 Å². The molecule has 2 amide bonds. The van der Waals surface area contributed by atoms with Gasteiger partial charge < -0.3 is 146 Å². The highest BCUT2D eigenvalue weighted by molar-refractivity contribution is 8.00. The molecule has 1 aliphatic carbocycles. The normalized spacial score (nSPS) is 46.7. The SMILES string of the molecule is CCCN1C(=O)CC(SCCCC(N)=NCCOP(=O)(OC)OCC2OC(OC3C(OCC4OC(OC5C(CO)OC(OC6C(O)C(O)C(O)C7OP(=O)(OC)OC67)C([NH3+])C5O)C(O)C(O)C4O)OC(CO)C(O)C3O)C(OC3OC(CO)C(O)C(O)C3O)C(O)C2O)C1=O. The maximum Gasteiger partial charge on any atom is 0.475 e. The third-order valence-electron chi connectivity index (χ3n) is 17.1. The van der Waals surface area contributed by atoms with Crippen LogP contribution < -0.4 is 11.5 Å². The molecule has 0 aromatic rings. The minimum Gasteiger partial charge on any atom is -0.394 e. The van der Waals surface area contributed by atoms with E-state index in [1.54, 1.807) is 0 Å². The number of fused-ring (bicyclic) bond motifs is 1. The smallest absolute Gasteiger partial charge is 0.394 e. The molecule has 0 aromatic heterocycles. The first-order valence-corrected chi connectivity index (χ1v) is 34.4. The molecule has 0 radical (unpaired) electrons. The number of phosphoric ester groups is 2. The number of aliphatic hydroxyl groups excluding tert-OH is 17. The van der Waals surface area contributed by atoms with Crippen molar-refractivity contribution in [1.29, 1.82) is 0 Å². The molecule has 41 nitrogen and oxygen atoms in total. The number of likely N-dealkylation sites (tertiary alicyclic amines) is 1. The molecule has 1 saturated carbocycles. The van der Waals surface area contributed by atoms with Crippen LogP contribution in [0.3, 0.4) is 0 Å². The van der Waals surface area contributed by atoms with E-state index < -0.39 is 251 Å². The van der Waals surface area contributed by atoms with E-state index in [-0.39, 0.29) is 37.0 Å². The van der Waals surface area contributed by atoms with E-state index in [9.17, 15) is 106 Å². The number of amides is 2. The van der Waals surface area contributed by atoms with Crippen LogP contribution in [0.4, 0.5) is 0 Å². The predicted molar refractivity (Wildman–Crippen MR) is 305 cm³/mol. The van der Waals surface area contributed by atoms with Crippen molar-refractivity contribution >= 4 is 45.1 Å². The third kappa shape index (κ3) is 17.8. The Labute approximate surface area is 545 Å². The molecular formula is C51H89N4O37P2S+. The van der Waals surface area contributed by atoms with Gasteiger partial charge in [-0.25, -0.2) is 9.13 Å². The summed E-state index contributed by atoms with van der Waals surface area (Å²) in [4.78, 5) is 30.2. The number of carbonyl (C=O) groups is 2. The van der Waals surface area contributed by atoms with Crippen molar-refractivity contribution in [3.05, 3.63) is 0 Å². The lowest BCUT2D eigenvalue weighted by Gasteiger charge is -2.49. The summed E-state index contributed by atoms with van der Waals surface area (Å²) in [6, 6.07) is -1.48. The number of aliphatic hydroxyl groups is 17. The Kier molecular flexibility index (Phi) is 28.5. The van der Waals surface area contributed by atoms with Gasteiger partial charge in [0.1, 0.15) is 153 Å². The second kappa shape index (κ2) is 34.4. The number of rotatable bonds is 30. The van der Waals surface area contributed by atoms with Crippen molar-refractivity contribution in [2.45, 2.75) is 228 Å². The van der Waals surface area contributed by atoms with E-state index in [4.69, 9.17) is 80.2 Å². The van der Waals surface area contributed by atoms with Crippen LogP contribution in [-0.4, -0.2) is 377 Å². The zero-order valence-electron chi connectivity index (χ0n) is 51.4. The highest BCUT2D eigenvalue weighted by atomic mass is 32.2. The summed E-state index contributed by atoms with van der Waals surface area (Å²) in [6.45, 7) is -3.33. The van der Waals surface area contributed by atoms with Gasteiger partial charge in [0.15, 0.2) is 31.2 Å². The average molecular weight is 1440 g/mol. The summed E-state index contributed by atoms with van der Waals surface area (Å²) in [5.74, 6) is 0.207. The van der Waals surface area contributed by atoms with Crippen molar-refractivity contribution in [3.63, 3.8) is 0 Å². The van der Waals surface area contributed by atoms with Gasteiger partial charge in [0.2, 0.25) is 18.1 Å². The molecular weight excluding hydrogens is 1350 g/mol. The largest absolute Gasteiger partial charge is 0.475 e. The Bertz CT molecular complexity index is 2600. The number of ether oxygens (including phenoxy) is 10. The van der Waals surface area contributed by atoms with Crippen molar-refractivity contribution in [1.82, 2.24) is 4.90 Å². The number of carbonyl (C=O) groups excluding carboxylic acids is 2. The maximum absolute atomic E-state index is 13.7. The second-order valence-corrected chi connectivity index (χ2v) is 28.3. The molecule has 0 bridgehead atoms. The van der Waals surface area contributed by atoms with Crippen LogP contribution in [0.1, 0.15) is 32.6 Å². The van der Waals surface area contributed by atoms with Crippen molar-refractivity contribution < 1.29 is 186 Å². The molecule has 44 heteroatoms. The summed E-state index contributed by atoms with van der Waals surface area (Å²) in [6.07, 6.45) is -57.2. The number of amidine groups is 1. The first-order valence-electron chi connectivity index (χ1n) is 30.4. The van der Waals surface area contributed by atoms with Crippen LogP contribution in [0.2, 0.25) is 0 Å². The fourth-order valence-corrected chi connectivity index (χ4v) is 15.0. The van der Waals surface area contributed by atoms with Gasteiger partial charge in [0, 0.05) is 33.6 Å². The van der Waals surface area contributed by atoms with Crippen molar-refractivity contribution in [2.24, 2.45) is 10.7 Å². The molecule has 7 saturated heterocycles. The van der Waals surface area contributed by atoms with E-state index in [2.05, 4.69) is 10.7 Å². The van der Waals surface area contributed by atoms with E-state index in [1.165, 1.54) is 16.7 Å². The Hall–Kier alpha value is -1.94. The number of phosphoric acid groups is 2. The minimum absolute atomic E-state index is 0.108. The van der Waals surface area contributed by atoms with Gasteiger partial charge in [0.05, 0.1) is 57.3 Å². The number of hydrogen-bond donors (Lipinski definition) is 19. The Morgan fingerprint density at radius 1 is 0.611 bits per heavy atom. The Morgan fingerprint density at radius 2 is 1.11 bits per heavy atom. The molecule has 22 N–H and O–H groups in total. The molecule has 8 aliphatic rings. The number of nitrogens with two attached hydrogens (primary N) is 1.